The van der Waals surface area contributed by atoms with Crippen molar-refractivity contribution in [3.05, 3.63) is 24.0 Å². The molecule has 4 heteroatoms. The normalized spacial score (nSPS) is 19.6. The highest BCUT2D eigenvalue weighted by molar-refractivity contribution is 7.98. The summed E-state index contributed by atoms with van der Waals surface area (Å²) in [5.41, 5.74) is 1.09. The van der Waals surface area contributed by atoms with Crippen molar-refractivity contribution in [3.8, 4) is 0 Å². The van der Waals surface area contributed by atoms with E-state index in [-0.39, 0.29) is 5.82 Å². The molecule has 14 heavy (non-hydrogen) atoms. The van der Waals surface area contributed by atoms with Gasteiger partial charge in [-0.25, -0.2) is 8.79 Å². The van der Waals surface area contributed by atoms with Crippen LogP contribution in [-0.2, 0) is 0 Å². The number of fused-ring (bicyclic) bond motifs is 1. The van der Waals surface area contributed by atoms with Crippen molar-refractivity contribution >= 4 is 24.0 Å². The van der Waals surface area contributed by atoms with Crippen LogP contribution in [0.25, 0.3) is 0 Å². The van der Waals surface area contributed by atoms with Gasteiger partial charge in [0.25, 0.3) is 0 Å². The second-order valence-electron chi connectivity index (χ2n) is 3.56. The minimum Gasteiger partial charge on any atom is -0.328 e. The zero-order chi connectivity index (χ0) is 9.54. The molecule has 1 aromatic rings. The lowest BCUT2D eigenvalue weighted by molar-refractivity contribution is 0.624. The Morgan fingerprint density at radius 1 is 1.43 bits per heavy atom. The van der Waals surface area contributed by atoms with E-state index >= 15 is 0 Å². The average Bonchev–Trinajstić information content (AvgIpc) is 2.99. The fraction of sp³-hybridized carbons (Fsp3) is 0.300. The topological polar surface area (TPSA) is 15.6 Å². The number of nitrogens with zero attached hydrogens (tertiary/aromatic N) is 2. The molecule has 1 aliphatic carbocycles. The molecule has 0 saturated heterocycles. The summed E-state index contributed by atoms with van der Waals surface area (Å²) in [7, 11) is 0. The molecule has 3 rings (SSSR count). The highest BCUT2D eigenvalue weighted by Crippen LogP contribution is 2.39. The first-order valence-corrected chi connectivity index (χ1v) is 5.40. The molecule has 1 aliphatic heterocycles. The van der Waals surface area contributed by atoms with Gasteiger partial charge < -0.3 is 4.90 Å². The van der Waals surface area contributed by atoms with E-state index in [2.05, 4.69) is 9.30 Å². The number of hydrogen-bond donors (Lipinski definition) is 0. The van der Waals surface area contributed by atoms with Crippen LogP contribution in [0.15, 0.2) is 27.5 Å². The maximum absolute atomic E-state index is 13.0. The Morgan fingerprint density at radius 2 is 2.29 bits per heavy atom. The monoisotopic (exact) mass is 208 g/mol. The molecule has 2 aliphatic rings. The van der Waals surface area contributed by atoms with Gasteiger partial charge in [0.15, 0.2) is 0 Å². The largest absolute Gasteiger partial charge is 0.328 e. The summed E-state index contributed by atoms with van der Waals surface area (Å²) in [6.45, 7) is 0. The molecule has 0 bridgehead atoms. The Bertz CT molecular complexity index is 401. The van der Waals surface area contributed by atoms with Gasteiger partial charge in [0.2, 0.25) is 0 Å². The molecular formula is C10H9FN2S. The second-order valence-corrected chi connectivity index (χ2v) is 4.40. The maximum atomic E-state index is 13.0. The van der Waals surface area contributed by atoms with Crippen molar-refractivity contribution in [2.24, 2.45) is 4.40 Å². The van der Waals surface area contributed by atoms with Crippen LogP contribution < -0.4 is 4.90 Å². The highest BCUT2D eigenvalue weighted by atomic mass is 32.2. The lowest BCUT2D eigenvalue weighted by Gasteiger charge is -2.24. The smallest absolute Gasteiger partial charge is 0.124 e. The summed E-state index contributed by atoms with van der Waals surface area (Å²) in [4.78, 5) is 3.06. The predicted molar refractivity (Wildman–Crippen MR) is 56.3 cm³/mol. The van der Waals surface area contributed by atoms with Gasteiger partial charge in [-0.2, -0.15) is 0 Å². The fourth-order valence-electron chi connectivity index (χ4n) is 1.61. The number of hydrogen-bond acceptors (Lipinski definition) is 3. The van der Waals surface area contributed by atoms with E-state index in [9.17, 15) is 4.39 Å². The Hall–Kier alpha value is -1.03. The quantitative estimate of drug-likeness (QED) is 0.659. The molecule has 2 nitrogen and oxygen atoms in total. The van der Waals surface area contributed by atoms with Gasteiger partial charge in [-0.05, 0) is 31.0 Å². The van der Waals surface area contributed by atoms with E-state index in [4.69, 9.17) is 0 Å². The molecule has 1 fully saturated rings. The van der Waals surface area contributed by atoms with Gasteiger partial charge in [0.1, 0.15) is 12.2 Å². The van der Waals surface area contributed by atoms with E-state index in [1.54, 1.807) is 6.07 Å². The molecule has 0 N–H and O–H groups in total. The molecule has 1 aromatic carbocycles. The van der Waals surface area contributed by atoms with Crippen molar-refractivity contribution in [2.75, 3.05) is 4.90 Å². The first kappa shape index (κ1) is 8.29. The van der Waals surface area contributed by atoms with Crippen LogP contribution in [0.3, 0.4) is 0 Å². The van der Waals surface area contributed by atoms with Crippen molar-refractivity contribution < 1.29 is 4.39 Å². The maximum Gasteiger partial charge on any atom is 0.124 e. The van der Waals surface area contributed by atoms with Crippen LogP contribution in [0.4, 0.5) is 10.1 Å². The van der Waals surface area contributed by atoms with Crippen LogP contribution in [0.5, 0.6) is 0 Å². The third-order valence-corrected chi connectivity index (χ3v) is 3.19. The molecule has 0 amide bonds. The Morgan fingerprint density at radius 3 is 3.07 bits per heavy atom. The van der Waals surface area contributed by atoms with Crippen LogP contribution in [0, 0.1) is 5.82 Å². The van der Waals surface area contributed by atoms with Gasteiger partial charge in [0, 0.05) is 18.0 Å². The van der Waals surface area contributed by atoms with Gasteiger partial charge >= 0.3 is 0 Å². The minimum atomic E-state index is -0.191. The molecule has 0 unspecified atom stereocenters. The van der Waals surface area contributed by atoms with Gasteiger partial charge in [-0.1, -0.05) is 0 Å². The van der Waals surface area contributed by atoms with E-state index in [0.717, 1.165) is 10.6 Å². The Kier molecular flexibility index (Phi) is 1.77. The van der Waals surface area contributed by atoms with Gasteiger partial charge in [-0.15, -0.1) is 0 Å². The number of halogens is 1. The van der Waals surface area contributed by atoms with Gasteiger partial charge in [-0.3, -0.25) is 0 Å². The van der Waals surface area contributed by atoms with Crippen LogP contribution in [0.2, 0.25) is 0 Å². The zero-order valence-electron chi connectivity index (χ0n) is 7.48. The SMILES string of the molecule is Fc1ccc2c(c1)SN=CN2C1CC1. The summed E-state index contributed by atoms with van der Waals surface area (Å²) in [5.74, 6) is -0.191. The summed E-state index contributed by atoms with van der Waals surface area (Å²) < 4.78 is 17.1. The first-order chi connectivity index (χ1) is 6.84. The van der Waals surface area contributed by atoms with Gasteiger partial charge in [0.05, 0.1) is 10.6 Å². The third kappa shape index (κ3) is 1.30. The van der Waals surface area contributed by atoms with Crippen molar-refractivity contribution in [3.63, 3.8) is 0 Å². The fourth-order valence-corrected chi connectivity index (χ4v) is 2.31. The molecule has 0 aromatic heterocycles. The summed E-state index contributed by atoms with van der Waals surface area (Å²) in [5, 5.41) is 0. The van der Waals surface area contributed by atoms with Crippen molar-refractivity contribution in [1.82, 2.24) is 0 Å². The summed E-state index contributed by atoms with van der Waals surface area (Å²) in [6.07, 6.45) is 4.28. The lowest BCUT2D eigenvalue weighted by Crippen LogP contribution is -2.25. The van der Waals surface area contributed by atoms with E-state index in [0.29, 0.717) is 6.04 Å². The summed E-state index contributed by atoms with van der Waals surface area (Å²) in [6, 6.07) is 5.48. The van der Waals surface area contributed by atoms with Crippen molar-refractivity contribution in [2.45, 2.75) is 23.8 Å². The van der Waals surface area contributed by atoms with E-state index in [1.165, 1.54) is 30.9 Å². The van der Waals surface area contributed by atoms with Crippen LogP contribution >= 0.6 is 11.9 Å². The molecule has 1 heterocycles. The third-order valence-electron chi connectivity index (χ3n) is 2.46. The Balaban J connectivity index is 2.04. The molecular weight excluding hydrogens is 199 g/mol. The minimum absolute atomic E-state index is 0.191. The molecule has 0 radical (unpaired) electrons. The molecule has 1 saturated carbocycles. The zero-order valence-corrected chi connectivity index (χ0v) is 8.30. The molecule has 72 valence electrons. The average molecular weight is 208 g/mol. The molecule has 0 spiro atoms. The second kappa shape index (κ2) is 2.98. The summed E-state index contributed by atoms with van der Waals surface area (Å²) >= 11 is 1.34. The number of rotatable bonds is 1. The lowest BCUT2D eigenvalue weighted by atomic mass is 10.3. The Labute approximate surface area is 86.0 Å². The van der Waals surface area contributed by atoms with E-state index < -0.39 is 0 Å². The predicted octanol–water partition coefficient (Wildman–Crippen LogP) is 2.84. The highest BCUT2D eigenvalue weighted by Gasteiger charge is 2.31. The van der Waals surface area contributed by atoms with Crippen molar-refractivity contribution in [1.29, 1.82) is 0 Å². The van der Waals surface area contributed by atoms with Crippen LogP contribution in [-0.4, -0.2) is 12.4 Å². The standard InChI is InChI=1S/C10H9FN2S/c11-7-1-4-9-10(5-7)14-12-6-13(9)8-2-3-8/h1,4-6,8H,2-3H2. The number of anilines is 1. The van der Waals surface area contributed by atoms with E-state index in [1.807, 2.05) is 12.4 Å². The number of benzene rings is 1. The first-order valence-electron chi connectivity index (χ1n) is 4.63. The molecule has 0 atom stereocenters. The van der Waals surface area contributed by atoms with Crippen LogP contribution in [0.1, 0.15) is 12.8 Å².